The fraction of sp³-hybridized carbons (Fsp3) is 1.00. The summed E-state index contributed by atoms with van der Waals surface area (Å²) in [6.45, 7) is 5.33. The van der Waals surface area contributed by atoms with Gasteiger partial charge in [-0.2, -0.15) is 0 Å². The van der Waals surface area contributed by atoms with E-state index in [1.54, 1.807) is 0 Å². The predicted octanol–water partition coefficient (Wildman–Crippen LogP) is 1.43. The van der Waals surface area contributed by atoms with Crippen LogP contribution in [0.2, 0.25) is 0 Å². The van der Waals surface area contributed by atoms with Crippen molar-refractivity contribution in [2.24, 2.45) is 11.8 Å². The highest BCUT2D eigenvalue weighted by molar-refractivity contribution is 4.88. The predicted molar refractivity (Wildman–Crippen MR) is 44.4 cm³/mol. The molecular formula is C9H18O2. The Morgan fingerprint density at radius 3 is 2.64 bits per heavy atom. The van der Waals surface area contributed by atoms with Crippen molar-refractivity contribution in [2.45, 2.75) is 32.8 Å². The maximum atomic E-state index is 8.92. The van der Waals surface area contributed by atoms with E-state index in [1.165, 1.54) is 0 Å². The van der Waals surface area contributed by atoms with Crippen LogP contribution in [0.3, 0.4) is 0 Å². The lowest BCUT2D eigenvalue weighted by atomic mass is 9.70. The van der Waals surface area contributed by atoms with E-state index >= 15 is 0 Å². The van der Waals surface area contributed by atoms with Crippen LogP contribution in [-0.2, 0) is 4.74 Å². The van der Waals surface area contributed by atoms with Crippen LogP contribution in [0.1, 0.15) is 26.7 Å². The maximum Gasteiger partial charge on any atom is 0.0610 e. The molecule has 1 rings (SSSR count). The molecule has 11 heavy (non-hydrogen) atoms. The summed E-state index contributed by atoms with van der Waals surface area (Å²) in [4.78, 5) is 0. The highest BCUT2D eigenvalue weighted by Gasteiger charge is 2.39. The molecule has 0 spiro atoms. The molecule has 0 aliphatic heterocycles. The quantitative estimate of drug-likeness (QED) is 0.670. The van der Waals surface area contributed by atoms with Gasteiger partial charge < -0.3 is 9.84 Å². The van der Waals surface area contributed by atoms with Crippen molar-refractivity contribution in [1.29, 1.82) is 0 Å². The minimum absolute atomic E-state index is 0.335. The number of ether oxygens (including phenoxy) is 1. The molecule has 0 aromatic rings. The topological polar surface area (TPSA) is 29.5 Å². The first kappa shape index (κ1) is 9.01. The van der Waals surface area contributed by atoms with E-state index in [0.717, 1.165) is 19.4 Å². The molecule has 3 unspecified atom stereocenters. The van der Waals surface area contributed by atoms with Gasteiger partial charge in [0.2, 0.25) is 0 Å². The zero-order chi connectivity index (χ0) is 8.27. The zero-order valence-corrected chi connectivity index (χ0v) is 7.42. The fourth-order valence-corrected chi connectivity index (χ4v) is 1.97. The van der Waals surface area contributed by atoms with Crippen molar-refractivity contribution in [3.63, 3.8) is 0 Å². The van der Waals surface area contributed by atoms with Crippen LogP contribution < -0.4 is 0 Å². The molecule has 1 saturated carbocycles. The number of aliphatic hydroxyl groups excluding tert-OH is 1. The van der Waals surface area contributed by atoms with Gasteiger partial charge in [0.05, 0.1) is 6.10 Å². The highest BCUT2D eigenvalue weighted by Crippen LogP contribution is 2.38. The van der Waals surface area contributed by atoms with Gasteiger partial charge in [0, 0.05) is 13.2 Å². The van der Waals surface area contributed by atoms with Crippen LogP contribution in [0.5, 0.6) is 0 Å². The summed E-state index contributed by atoms with van der Waals surface area (Å²) in [5, 5.41) is 8.92. The van der Waals surface area contributed by atoms with Gasteiger partial charge in [0.1, 0.15) is 0 Å². The molecule has 1 aliphatic carbocycles. The van der Waals surface area contributed by atoms with Crippen molar-refractivity contribution >= 4 is 0 Å². The zero-order valence-electron chi connectivity index (χ0n) is 7.42. The molecule has 1 fully saturated rings. The molecule has 0 aromatic heterocycles. The molecule has 0 bridgehead atoms. The maximum absolute atomic E-state index is 8.92. The first-order valence-electron chi connectivity index (χ1n) is 4.55. The third-order valence-electron chi connectivity index (χ3n) is 2.70. The molecular weight excluding hydrogens is 140 g/mol. The summed E-state index contributed by atoms with van der Waals surface area (Å²) < 4.78 is 5.50. The molecule has 2 heteroatoms. The summed E-state index contributed by atoms with van der Waals surface area (Å²) in [5.41, 5.74) is 0. The molecule has 66 valence electrons. The molecule has 0 aromatic carbocycles. The molecule has 3 atom stereocenters. The highest BCUT2D eigenvalue weighted by atomic mass is 16.5. The smallest absolute Gasteiger partial charge is 0.0610 e. The first-order chi connectivity index (χ1) is 5.33. The Bertz CT molecular complexity index is 114. The second-order valence-corrected chi connectivity index (χ2v) is 3.24. The number of hydrogen-bond acceptors (Lipinski definition) is 2. The van der Waals surface area contributed by atoms with Gasteiger partial charge in [-0.05, 0) is 25.2 Å². The van der Waals surface area contributed by atoms with Crippen LogP contribution in [0, 0.1) is 11.8 Å². The standard InChI is InChI=1S/C9H18O2/c1-3-8-7(6-10)5-9(8)11-4-2/h7-10H,3-6H2,1-2H3. The number of aliphatic hydroxyl groups is 1. The molecule has 1 N–H and O–H groups in total. The Hall–Kier alpha value is -0.0800. The van der Waals surface area contributed by atoms with Crippen molar-refractivity contribution in [3.05, 3.63) is 0 Å². The fourth-order valence-electron chi connectivity index (χ4n) is 1.97. The largest absolute Gasteiger partial charge is 0.396 e. The van der Waals surface area contributed by atoms with Gasteiger partial charge in [-0.15, -0.1) is 0 Å². The number of hydrogen-bond donors (Lipinski definition) is 1. The molecule has 0 amide bonds. The number of rotatable bonds is 4. The second kappa shape index (κ2) is 4.07. The molecule has 0 heterocycles. The van der Waals surface area contributed by atoms with Crippen molar-refractivity contribution < 1.29 is 9.84 Å². The lowest BCUT2D eigenvalue weighted by Gasteiger charge is -2.43. The van der Waals surface area contributed by atoms with Crippen molar-refractivity contribution in [1.82, 2.24) is 0 Å². The lowest BCUT2D eigenvalue weighted by Crippen LogP contribution is -2.44. The average Bonchev–Trinajstić information content (AvgIpc) is 1.98. The van der Waals surface area contributed by atoms with E-state index < -0.39 is 0 Å². The normalized spacial score (nSPS) is 36.8. The summed E-state index contributed by atoms with van der Waals surface area (Å²) in [5.74, 6) is 1.12. The Kier molecular flexibility index (Phi) is 3.34. The van der Waals surface area contributed by atoms with Gasteiger partial charge in [-0.25, -0.2) is 0 Å². The average molecular weight is 158 g/mol. The van der Waals surface area contributed by atoms with Crippen LogP contribution in [0.4, 0.5) is 0 Å². The van der Waals surface area contributed by atoms with Crippen LogP contribution in [-0.4, -0.2) is 24.4 Å². The van der Waals surface area contributed by atoms with E-state index in [9.17, 15) is 0 Å². The van der Waals surface area contributed by atoms with E-state index in [-0.39, 0.29) is 0 Å². The van der Waals surface area contributed by atoms with Crippen molar-refractivity contribution in [3.8, 4) is 0 Å². The minimum atomic E-state index is 0.335. The Balaban J connectivity index is 2.27. The summed E-state index contributed by atoms with van der Waals surface area (Å²) in [6, 6.07) is 0. The SMILES string of the molecule is CCOC1CC(CO)C1CC. The lowest BCUT2D eigenvalue weighted by molar-refractivity contribution is -0.0974. The van der Waals surface area contributed by atoms with E-state index in [2.05, 4.69) is 6.92 Å². The monoisotopic (exact) mass is 158 g/mol. The van der Waals surface area contributed by atoms with Gasteiger partial charge in [-0.1, -0.05) is 13.3 Å². The van der Waals surface area contributed by atoms with E-state index in [1.807, 2.05) is 6.92 Å². The Morgan fingerprint density at radius 1 is 1.45 bits per heavy atom. The van der Waals surface area contributed by atoms with Gasteiger partial charge in [0.15, 0.2) is 0 Å². The molecule has 2 nitrogen and oxygen atoms in total. The molecule has 0 radical (unpaired) electrons. The van der Waals surface area contributed by atoms with Gasteiger partial charge >= 0.3 is 0 Å². The van der Waals surface area contributed by atoms with E-state index in [0.29, 0.717) is 24.5 Å². The molecule has 0 saturated heterocycles. The van der Waals surface area contributed by atoms with Gasteiger partial charge in [0.25, 0.3) is 0 Å². The van der Waals surface area contributed by atoms with E-state index in [4.69, 9.17) is 9.84 Å². The third-order valence-corrected chi connectivity index (χ3v) is 2.70. The van der Waals surface area contributed by atoms with Crippen molar-refractivity contribution in [2.75, 3.05) is 13.2 Å². The summed E-state index contributed by atoms with van der Waals surface area (Å²) in [6.07, 6.45) is 2.63. The second-order valence-electron chi connectivity index (χ2n) is 3.24. The third kappa shape index (κ3) is 1.74. The first-order valence-corrected chi connectivity index (χ1v) is 4.55. The van der Waals surface area contributed by atoms with Crippen LogP contribution >= 0.6 is 0 Å². The summed E-state index contributed by atoms with van der Waals surface area (Å²) in [7, 11) is 0. The van der Waals surface area contributed by atoms with Gasteiger partial charge in [-0.3, -0.25) is 0 Å². The molecule has 1 aliphatic rings. The van der Waals surface area contributed by atoms with Crippen LogP contribution in [0.25, 0.3) is 0 Å². The summed E-state index contributed by atoms with van der Waals surface area (Å²) >= 11 is 0. The Labute approximate surface area is 68.6 Å². The Morgan fingerprint density at radius 2 is 2.18 bits per heavy atom. The minimum Gasteiger partial charge on any atom is -0.396 e. The van der Waals surface area contributed by atoms with Crippen LogP contribution in [0.15, 0.2) is 0 Å².